The van der Waals surface area contributed by atoms with E-state index in [1.54, 1.807) is 14.2 Å². The fourth-order valence-electron chi connectivity index (χ4n) is 1.68. The van der Waals surface area contributed by atoms with Gasteiger partial charge in [0.15, 0.2) is 17.5 Å². The van der Waals surface area contributed by atoms with Gasteiger partial charge in [-0.3, -0.25) is 4.99 Å². The molecule has 0 amide bonds. The Kier molecular flexibility index (Phi) is 5.99. The Bertz CT molecular complexity index is 431. The van der Waals surface area contributed by atoms with Crippen LogP contribution in [0.3, 0.4) is 0 Å². The summed E-state index contributed by atoms with van der Waals surface area (Å²) in [4.78, 5) is 4.27. The highest BCUT2D eigenvalue weighted by Gasteiger charge is 2.04. The third-order valence-electron chi connectivity index (χ3n) is 2.57. The summed E-state index contributed by atoms with van der Waals surface area (Å²) in [6, 6.07) is 6.15. The van der Waals surface area contributed by atoms with Crippen molar-refractivity contribution in [1.29, 1.82) is 0 Å². The molecule has 0 aromatic heterocycles. The first-order valence-electron chi connectivity index (χ1n) is 6.34. The molecule has 0 atom stereocenters. The van der Waals surface area contributed by atoms with Gasteiger partial charge in [-0.25, -0.2) is 0 Å². The fourth-order valence-corrected chi connectivity index (χ4v) is 1.68. The summed E-state index contributed by atoms with van der Waals surface area (Å²) in [6.07, 6.45) is 0.806. The van der Waals surface area contributed by atoms with E-state index in [4.69, 9.17) is 15.2 Å². The first kappa shape index (κ1) is 15.1. The lowest BCUT2D eigenvalue weighted by atomic mass is 10.1. The van der Waals surface area contributed by atoms with E-state index in [9.17, 15) is 0 Å². The normalized spacial score (nSPS) is 11.5. The number of ether oxygens (including phenoxy) is 2. The minimum absolute atomic E-state index is 0.296. The number of hydrogen-bond donors (Lipinski definition) is 2. The average Bonchev–Trinajstić information content (AvgIpc) is 2.37. The lowest BCUT2D eigenvalue weighted by Crippen LogP contribution is -2.36. The molecule has 1 aromatic rings. The van der Waals surface area contributed by atoms with Gasteiger partial charge in [-0.2, -0.15) is 0 Å². The Hall–Kier alpha value is -1.91. The number of rotatable bonds is 6. The Labute approximate surface area is 114 Å². The molecule has 0 aliphatic heterocycles. The topological polar surface area (TPSA) is 68.9 Å². The van der Waals surface area contributed by atoms with Crippen molar-refractivity contribution in [3.8, 4) is 11.5 Å². The van der Waals surface area contributed by atoms with Crippen molar-refractivity contribution in [2.24, 2.45) is 10.7 Å². The highest BCUT2D eigenvalue weighted by Crippen LogP contribution is 2.27. The molecule has 5 nitrogen and oxygen atoms in total. The van der Waals surface area contributed by atoms with Crippen molar-refractivity contribution in [2.45, 2.75) is 26.3 Å². The molecule has 0 spiro atoms. The number of nitrogens with two attached hydrogens (primary N) is 1. The summed E-state index contributed by atoms with van der Waals surface area (Å²) in [7, 11) is 3.25. The zero-order chi connectivity index (χ0) is 14.3. The quantitative estimate of drug-likeness (QED) is 0.605. The number of hydrogen-bond acceptors (Lipinski definition) is 3. The van der Waals surface area contributed by atoms with Crippen LogP contribution in [0.15, 0.2) is 23.2 Å². The number of nitrogens with one attached hydrogen (secondary N) is 1. The highest BCUT2D eigenvalue weighted by molar-refractivity contribution is 5.78. The minimum atomic E-state index is 0.296. The number of aliphatic imine (C=N–C) groups is 1. The van der Waals surface area contributed by atoms with E-state index in [1.807, 2.05) is 32.0 Å². The Morgan fingerprint density at radius 2 is 1.95 bits per heavy atom. The molecule has 0 aliphatic rings. The largest absolute Gasteiger partial charge is 0.493 e. The maximum Gasteiger partial charge on any atom is 0.188 e. The van der Waals surface area contributed by atoms with Crippen molar-refractivity contribution < 1.29 is 9.47 Å². The molecule has 0 saturated heterocycles. The van der Waals surface area contributed by atoms with E-state index in [0.717, 1.165) is 23.5 Å². The molecule has 19 heavy (non-hydrogen) atoms. The molecule has 5 heteroatoms. The van der Waals surface area contributed by atoms with Gasteiger partial charge in [0.25, 0.3) is 0 Å². The van der Waals surface area contributed by atoms with Crippen LogP contribution in [0, 0.1) is 0 Å². The van der Waals surface area contributed by atoms with Gasteiger partial charge in [0, 0.05) is 12.6 Å². The van der Waals surface area contributed by atoms with Crippen molar-refractivity contribution in [2.75, 3.05) is 20.8 Å². The van der Waals surface area contributed by atoms with Crippen molar-refractivity contribution in [1.82, 2.24) is 5.32 Å². The lowest BCUT2D eigenvalue weighted by molar-refractivity contribution is 0.354. The third kappa shape index (κ3) is 5.07. The van der Waals surface area contributed by atoms with Crippen LogP contribution in [-0.4, -0.2) is 32.8 Å². The number of benzene rings is 1. The van der Waals surface area contributed by atoms with Crippen LogP contribution in [-0.2, 0) is 6.42 Å². The average molecular weight is 265 g/mol. The number of guanidine groups is 1. The molecule has 1 aromatic carbocycles. The van der Waals surface area contributed by atoms with E-state index in [-0.39, 0.29) is 0 Å². The van der Waals surface area contributed by atoms with E-state index in [2.05, 4.69) is 10.3 Å². The highest BCUT2D eigenvalue weighted by atomic mass is 16.5. The summed E-state index contributed by atoms with van der Waals surface area (Å²) in [6.45, 7) is 4.69. The second kappa shape index (κ2) is 7.51. The van der Waals surface area contributed by atoms with Gasteiger partial charge in [-0.1, -0.05) is 6.07 Å². The summed E-state index contributed by atoms with van der Waals surface area (Å²) in [5.41, 5.74) is 6.87. The first-order chi connectivity index (χ1) is 9.06. The molecular formula is C14H23N3O2. The molecule has 0 saturated carbocycles. The summed E-state index contributed by atoms with van der Waals surface area (Å²) >= 11 is 0. The third-order valence-corrected chi connectivity index (χ3v) is 2.57. The predicted octanol–water partition coefficient (Wildman–Crippen LogP) is 1.56. The van der Waals surface area contributed by atoms with Gasteiger partial charge in [-0.15, -0.1) is 0 Å². The molecule has 1 rings (SSSR count). The zero-order valence-electron chi connectivity index (χ0n) is 12.1. The van der Waals surface area contributed by atoms with Crippen LogP contribution in [0.4, 0.5) is 0 Å². The van der Waals surface area contributed by atoms with Gasteiger partial charge >= 0.3 is 0 Å². The monoisotopic (exact) mass is 265 g/mol. The second-order valence-corrected chi connectivity index (χ2v) is 4.51. The maximum atomic E-state index is 5.73. The van der Waals surface area contributed by atoms with Crippen LogP contribution in [0.5, 0.6) is 11.5 Å². The summed E-state index contributed by atoms with van der Waals surface area (Å²) in [5.74, 6) is 1.95. The van der Waals surface area contributed by atoms with Crippen LogP contribution in [0.25, 0.3) is 0 Å². The Morgan fingerprint density at radius 3 is 2.53 bits per heavy atom. The van der Waals surface area contributed by atoms with Gasteiger partial charge in [0.05, 0.1) is 14.2 Å². The maximum absolute atomic E-state index is 5.73. The minimum Gasteiger partial charge on any atom is -0.493 e. The fraction of sp³-hybridized carbons (Fsp3) is 0.500. The van der Waals surface area contributed by atoms with Crippen LogP contribution < -0.4 is 20.5 Å². The lowest BCUT2D eigenvalue weighted by Gasteiger charge is -2.10. The molecule has 0 unspecified atom stereocenters. The van der Waals surface area contributed by atoms with E-state index in [1.165, 1.54) is 0 Å². The standard InChI is InChI=1S/C14H23N3O2/c1-10(2)17-14(15)16-8-7-11-5-6-12(18-3)13(9-11)19-4/h5-6,9-10H,7-8H2,1-4H3,(H3,15,16,17). The second-order valence-electron chi connectivity index (χ2n) is 4.51. The Balaban J connectivity index is 2.58. The molecule has 0 fully saturated rings. The van der Waals surface area contributed by atoms with E-state index in [0.29, 0.717) is 18.5 Å². The zero-order valence-corrected chi connectivity index (χ0v) is 12.1. The molecule has 0 heterocycles. The van der Waals surface area contributed by atoms with Gasteiger partial charge in [-0.05, 0) is 38.0 Å². The molecule has 0 radical (unpaired) electrons. The van der Waals surface area contributed by atoms with Gasteiger partial charge < -0.3 is 20.5 Å². The van der Waals surface area contributed by atoms with Crippen molar-refractivity contribution >= 4 is 5.96 Å². The van der Waals surface area contributed by atoms with Gasteiger partial charge in [0.1, 0.15) is 0 Å². The molecular weight excluding hydrogens is 242 g/mol. The number of methoxy groups -OCH3 is 2. The van der Waals surface area contributed by atoms with E-state index < -0.39 is 0 Å². The van der Waals surface area contributed by atoms with E-state index >= 15 is 0 Å². The van der Waals surface area contributed by atoms with Crippen LogP contribution >= 0.6 is 0 Å². The number of nitrogens with zero attached hydrogens (tertiary/aromatic N) is 1. The SMILES string of the molecule is COc1ccc(CCN=C(N)NC(C)C)cc1OC. The predicted molar refractivity (Wildman–Crippen MR) is 78.0 cm³/mol. The Morgan fingerprint density at radius 1 is 1.26 bits per heavy atom. The molecule has 0 aliphatic carbocycles. The smallest absolute Gasteiger partial charge is 0.188 e. The van der Waals surface area contributed by atoms with Crippen LogP contribution in [0.2, 0.25) is 0 Å². The molecule has 0 bridgehead atoms. The van der Waals surface area contributed by atoms with Crippen molar-refractivity contribution in [3.05, 3.63) is 23.8 Å². The first-order valence-corrected chi connectivity index (χ1v) is 6.34. The van der Waals surface area contributed by atoms with Crippen LogP contribution in [0.1, 0.15) is 19.4 Å². The summed E-state index contributed by atoms with van der Waals surface area (Å²) < 4.78 is 10.5. The summed E-state index contributed by atoms with van der Waals surface area (Å²) in [5, 5.41) is 3.05. The van der Waals surface area contributed by atoms with Crippen molar-refractivity contribution in [3.63, 3.8) is 0 Å². The van der Waals surface area contributed by atoms with Gasteiger partial charge in [0.2, 0.25) is 0 Å². The molecule has 106 valence electrons. The molecule has 3 N–H and O–H groups in total.